The molecule has 0 radical (unpaired) electrons. The van der Waals surface area contributed by atoms with E-state index in [1.165, 1.54) is 32.4 Å². The van der Waals surface area contributed by atoms with E-state index in [2.05, 4.69) is 28.2 Å². The van der Waals surface area contributed by atoms with Gasteiger partial charge in [-0.05, 0) is 19.3 Å². The fourth-order valence-corrected chi connectivity index (χ4v) is 2.37. The first-order valence-corrected chi connectivity index (χ1v) is 7.10. The Morgan fingerprint density at radius 1 is 1.10 bits per heavy atom. The van der Waals surface area contributed by atoms with E-state index in [-0.39, 0.29) is 53.9 Å². The normalized spacial score (nSPS) is 17.6. The number of halogens is 2. The Labute approximate surface area is 158 Å². The SMILES string of the molecule is C[N+](C)(C)CCOC(=O)CC[N+]1(C)CCCCC1.[I-].[I-]. The van der Waals surface area contributed by atoms with Crippen molar-refractivity contribution in [3.63, 3.8) is 0 Å². The van der Waals surface area contributed by atoms with E-state index in [1.807, 2.05) is 0 Å². The monoisotopic (exact) mass is 512 g/mol. The highest BCUT2D eigenvalue weighted by Crippen LogP contribution is 2.16. The molecule has 0 amide bonds. The standard InChI is InChI=1S/C14H30N2O2.2HI/c1-15(2,3)12-13-18-14(17)8-11-16(4)9-6-5-7-10-16;;/h5-13H2,1-4H3;2*1H/q+2;;/p-2. The molecule has 0 spiro atoms. The molecule has 0 bridgehead atoms. The summed E-state index contributed by atoms with van der Waals surface area (Å²) in [6, 6.07) is 0. The van der Waals surface area contributed by atoms with Gasteiger partial charge in [-0.3, -0.25) is 4.79 Å². The highest BCUT2D eigenvalue weighted by molar-refractivity contribution is 5.69. The van der Waals surface area contributed by atoms with Gasteiger partial charge in [0.05, 0.1) is 54.2 Å². The van der Waals surface area contributed by atoms with Crippen molar-refractivity contribution in [3.8, 4) is 0 Å². The molecule has 1 fully saturated rings. The lowest BCUT2D eigenvalue weighted by Crippen LogP contribution is -3.00. The molecule has 0 atom stereocenters. The van der Waals surface area contributed by atoms with Crippen LogP contribution < -0.4 is 48.0 Å². The second-order valence-corrected chi connectivity index (χ2v) is 6.84. The van der Waals surface area contributed by atoms with Crippen molar-refractivity contribution in [2.75, 3.05) is 61.0 Å². The van der Waals surface area contributed by atoms with Crippen LogP contribution in [0.3, 0.4) is 0 Å². The summed E-state index contributed by atoms with van der Waals surface area (Å²) < 4.78 is 7.17. The quantitative estimate of drug-likeness (QED) is 0.203. The largest absolute Gasteiger partial charge is 1.00 e. The predicted molar refractivity (Wildman–Crippen MR) is 73.1 cm³/mol. The van der Waals surface area contributed by atoms with Crippen molar-refractivity contribution in [1.82, 2.24) is 0 Å². The molecule has 1 heterocycles. The number of carbonyl (C=O) groups excluding carboxylic acids is 1. The maximum atomic E-state index is 11.7. The van der Waals surface area contributed by atoms with Crippen molar-refractivity contribution in [3.05, 3.63) is 0 Å². The zero-order chi connectivity index (χ0) is 13.6. The number of carbonyl (C=O) groups is 1. The maximum Gasteiger partial charge on any atom is 0.311 e. The minimum atomic E-state index is -0.0339. The summed E-state index contributed by atoms with van der Waals surface area (Å²) in [5.74, 6) is -0.0339. The predicted octanol–water partition coefficient (Wildman–Crippen LogP) is -4.74. The van der Waals surface area contributed by atoms with Gasteiger partial charge >= 0.3 is 5.97 Å². The number of hydrogen-bond acceptors (Lipinski definition) is 2. The van der Waals surface area contributed by atoms with Gasteiger partial charge in [0.2, 0.25) is 0 Å². The van der Waals surface area contributed by atoms with Crippen molar-refractivity contribution in [2.45, 2.75) is 25.7 Å². The second kappa shape index (κ2) is 10.6. The van der Waals surface area contributed by atoms with Crippen LogP contribution in [0.2, 0.25) is 0 Å². The summed E-state index contributed by atoms with van der Waals surface area (Å²) in [4.78, 5) is 11.7. The molecule has 1 rings (SSSR count). The van der Waals surface area contributed by atoms with Crippen molar-refractivity contribution in [2.24, 2.45) is 0 Å². The Hall–Kier alpha value is 0.850. The Bertz CT molecular complexity index is 275. The molecule has 1 saturated heterocycles. The molecule has 0 unspecified atom stereocenters. The van der Waals surface area contributed by atoms with Gasteiger partial charge < -0.3 is 61.7 Å². The topological polar surface area (TPSA) is 26.3 Å². The molecule has 0 aromatic carbocycles. The molecule has 0 saturated carbocycles. The van der Waals surface area contributed by atoms with Crippen molar-refractivity contribution >= 4 is 5.97 Å². The van der Waals surface area contributed by atoms with Gasteiger partial charge in [0.1, 0.15) is 13.2 Å². The van der Waals surface area contributed by atoms with Crippen LogP contribution in [0.25, 0.3) is 0 Å². The lowest BCUT2D eigenvalue weighted by molar-refractivity contribution is -0.913. The molecule has 0 N–H and O–H groups in total. The summed E-state index contributed by atoms with van der Waals surface area (Å²) in [5.41, 5.74) is 0. The van der Waals surface area contributed by atoms with Gasteiger partial charge in [-0.1, -0.05) is 0 Å². The molecule has 6 heteroatoms. The van der Waals surface area contributed by atoms with Gasteiger partial charge in [0.25, 0.3) is 0 Å². The number of ether oxygens (including phenoxy) is 1. The van der Waals surface area contributed by atoms with Crippen LogP contribution >= 0.6 is 0 Å². The smallest absolute Gasteiger partial charge is 0.311 e. The third-order valence-electron chi connectivity index (χ3n) is 3.78. The van der Waals surface area contributed by atoms with Crippen molar-refractivity contribution < 1.29 is 66.5 Å². The molecular weight excluding hydrogens is 482 g/mol. The first kappa shape index (κ1) is 23.1. The zero-order valence-electron chi connectivity index (χ0n) is 13.3. The molecule has 0 aromatic rings. The Kier molecular flexibility index (Phi) is 12.2. The average Bonchev–Trinajstić information content (AvgIpc) is 2.26. The number of likely N-dealkylation sites (tertiary alicyclic amines) is 1. The van der Waals surface area contributed by atoms with Gasteiger partial charge in [-0.15, -0.1) is 0 Å². The molecule has 0 aromatic heterocycles. The summed E-state index contributed by atoms with van der Waals surface area (Å²) in [5, 5.41) is 0. The molecule has 20 heavy (non-hydrogen) atoms. The van der Waals surface area contributed by atoms with E-state index in [0.717, 1.165) is 22.1 Å². The minimum absolute atomic E-state index is 0. The summed E-state index contributed by atoms with van der Waals surface area (Å²) in [6.45, 7) is 4.77. The summed E-state index contributed by atoms with van der Waals surface area (Å²) in [6.07, 6.45) is 4.51. The van der Waals surface area contributed by atoms with Crippen LogP contribution in [0, 0.1) is 0 Å². The highest BCUT2D eigenvalue weighted by Gasteiger charge is 2.25. The molecule has 4 nitrogen and oxygen atoms in total. The highest BCUT2D eigenvalue weighted by atomic mass is 127. The molecule has 1 aliphatic heterocycles. The van der Waals surface area contributed by atoms with Gasteiger partial charge in [0.15, 0.2) is 0 Å². The van der Waals surface area contributed by atoms with Gasteiger partial charge in [-0.25, -0.2) is 0 Å². The number of esters is 1. The van der Waals surface area contributed by atoms with Crippen LogP contribution in [0.1, 0.15) is 25.7 Å². The fourth-order valence-electron chi connectivity index (χ4n) is 2.37. The lowest BCUT2D eigenvalue weighted by Gasteiger charge is -2.37. The first-order valence-electron chi connectivity index (χ1n) is 7.10. The maximum absolute atomic E-state index is 11.7. The lowest BCUT2D eigenvalue weighted by atomic mass is 10.1. The van der Waals surface area contributed by atoms with E-state index < -0.39 is 0 Å². The summed E-state index contributed by atoms with van der Waals surface area (Å²) >= 11 is 0. The van der Waals surface area contributed by atoms with Gasteiger partial charge in [-0.2, -0.15) is 0 Å². The number of rotatable bonds is 6. The Morgan fingerprint density at radius 3 is 2.15 bits per heavy atom. The zero-order valence-corrected chi connectivity index (χ0v) is 17.6. The number of likely N-dealkylation sites (N-methyl/N-ethyl adjacent to an activating group) is 1. The summed E-state index contributed by atoms with van der Waals surface area (Å²) in [7, 11) is 8.58. The third kappa shape index (κ3) is 10.6. The molecule has 122 valence electrons. The number of quaternary nitrogens is 2. The van der Waals surface area contributed by atoms with E-state index in [4.69, 9.17) is 4.74 Å². The minimum Gasteiger partial charge on any atom is -1.00 e. The Balaban J connectivity index is 0. The second-order valence-electron chi connectivity index (χ2n) is 6.84. The van der Waals surface area contributed by atoms with Crippen LogP contribution in [0.15, 0.2) is 0 Å². The third-order valence-corrected chi connectivity index (χ3v) is 3.78. The van der Waals surface area contributed by atoms with E-state index in [0.29, 0.717) is 13.0 Å². The first-order chi connectivity index (χ1) is 8.31. The number of piperidine rings is 1. The van der Waals surface area contributed by atoms with Crippen LogP contribution in [-0.2, 0) is 9.53 Å². The number of nitrogens with zero attached hydrogens (tertiary/aromatic N) is 2. The Morgan fingerprint density at radius 2 is 1.65 bits per heavy atom. The molecule has 1 aliphatic rings. The van der Waals surface area contributed by atoms with Gasteiger partial charge in [0, 0.05) is 0 Å². The van der Waals surface area contributed by atoms with E-state index in [9.17, 15) is 4.79 Å². The average molecular weight is 512 g/mol. The molecular formula is C14H30I2N2O2. The van der Waals surface area contributed by atoms with Crippen molar-refractivity contribution in [1.29, 1.82) is 0 Å². The van der Waals surface area contributed by atoms with E-state index in [1.54, 1.807) is 0 Å². The van der Waals surface area contributed by atoms with Crippen LogP contribution in [-0.4, -0.2) is 75.9 Å². The fraction of sp³-hybridized carbons (Fsp3) is 0.929. The van der Waals surface area contributed by atoms with E-state index >= 15 is 0 Å². The van der Waals surface area contributed by atoms with Crippen LogP contribution in [0.4, 0.5) is 0 Å². The van der Waals surface area contributed by atoms with Crippen LogP contribution in [0.5, 0.6) is 0 Å². The number of hydrogen-bond donors (Lipinski definition) is 0. The molecule has 0 aliphatic carbocycles.